The van der Waals surface area contributed by atoms with E-state index in [9.17, 15) is 0 Å². The molecular weight excluding hydrogens is 327 g/mol. The molecule has 1 aliphatic carbocycles. The molecule has 0 radical (unpaired) electrons. The first-order chi connectivity index (χ1) is 7.80. The normalized spacial score (nSPS) is 31.6. The number of ether oxygens (including phenoxy) is 2. The summed E-state index contributed by atoms with van der Waals surface area (Å²) < 4.78 is 12.3. The van der Waals surface area contributed by atoms with Crippen LogP contribution in [0.15, 0.2) is 11.1 Å². The maximum absolute atomic E-state index is 5.96. The van der Waals surface area contributed by atoms with Gasteiger partial charge in [-0.25, -0.2) is 0 Å². The average molecular weight is 350 g/mol. The van der Waals surface area contributed by atoms with E-state index in [-0.39, 0.29) is 11.2 Å². The van der Waals surface area contributed by atoms with E-state index in [1.165, 1.54) is 5.57 Å². The minimum absolute atomic E-state index is 0.171. The number of halogens is 1. The van der Waals surface area contributed by atoms with Gasteiger partial charge in [0.05, 0.1) is 17.1 Å². The lowest BCUT2D eigenvalue weighted by atomic mass is 9.66. The molecule has 2 nitrogen and oxygen atoms in total. The van der Waals surface area contributed by atoms with Crippen molar-refractivity contribution in [3.63, 3.8) is 0 Å². The second kappa shape index (κ2) is 4.49. The first-order valence-electron chi connectivity index (χ1n) is 6.43. The van der Waals surface area contributed by atoms with Gasteiger partial charge in [0.2, 0.25) is 0 Å². The lowest BCUT2D eigenvalue weighted by Gasteiger charge is -2.47. The molecule has 1 unspecified atom stereocenters. The molecule has 17 heavy (non-hydrogen) atoms. The molecule has 98 valence electrons. The molecule has 0 bridgehead atoms. The lowest BCUT2D eigenvalue weighted by molar-refractivity contribution is -0.172. The van der Waals surface area contributed by atoms with E-state index in [0.29, 0.717) is 9.84 Å². The molecule has 1 heterocycles. The van der Waals surface area contributed by atoms with Crippen molar-refractivity contribution in [2.45, 2.75) is 50.8 Å². The molecule has 0 aromatic heterocycles. The topological polar surface area (TPSA) is 18.5 Å². The van der Waals surface area contributed by atoms with Crippen molar-refractivity contribution in [1.29, 1.82) is 0 Å². The maximum atomic E-state index is 5.96. The van der Waals surface area contributed by atoms with E-state index in [1.54, 1.807) is 5.57 Å². The highest BCUT2D eigenvalue weighted by molar-refractivity contribution is 14.1. The van der Waals surface area contributed by atoms with Gasteiger partial charge in [-0.05, 0) is 18.3 Å². The molecule has 2 rings (SSSR count). The molecule has 0 N–H and O–H groups in total. The van der Waals surface area contributed by atoms with Gasteiger partial charge in [-0.3, -0.25) is 0 Å². The van der Waals surface area contributed by atoms with E-state index in [1.807, 2.05) is 0 Å². The van der Waals surface area contributed by atoms with E-state index in [0.717, 1.165) is 19.6 Å². The predicted octanol–water partition coefficient (Wildman–Crippen LogP) is 3.94. The molecule has 1 spiro atoms. The maximum Gasteiger partial charge on any atom is 0.184 e. The Kier molecular flexibility index (Phi) is 3.65. The van der Waals surface area contributed by atoms with Crippen LogP contribution in [0.1, 0.15) is 41.0 Å². The molecule has 0 aromatic rings. The first-order valence-corrected chi connectivity index (χ1v) is 7.68. The van der Waals surface area contributed by atoms with E-state index < -0.39 is 0 Å². The minimum Gasteiger partial charge on any atom is -0.346 e. The van der Waals surface area contributed by atoms with Crippen LogP contribution >= 0.6 is 22.6 Å². The summed E-state index contributed by atoms with van der Waals surface area (Å²) in [6.07, 6.45) is 0.971. The zero-order chi connectivity index (χ0) is 12.8. The van der Waals surface area contributed by atoms with Crippen molar-refractivity contribution in [2.24, 2.45) is 11.3 Å². The van der Waals surface area contributed by atoms with Gasteiger partial charge < -0.3 is 9.47 Å². The summed E-state index contributed by atoms with van der Waals surface area (Å²) in [5, 5.41) is 0. The van der Waals surface area contributed by atoms with Gasteiger partial charge in [0.1, 0.15) is 0 Å². The zero-order valence-corrected chi connectivity index (χ0v) is 13.6. The standard InChI is InChI=1S/C14H23IO2/c1-9(2)11-10(3)12(15)14(8-13(11,4)5)16-6-7-17-14/h9,12H,6-8H2,1-5H3. The van der Waals surface area contributed by atoms with Gasteiger partial charge in [0, 0.05) is 6.42 Å². The van der Waals surface area contributed by atoms with E-state index in [2.05, 4.69) is 57.2 Å². The molecular formula is C14H23IO2. The summed E-state index contributed by atoms with van der Waals surface area (Å²) in [4.78, 5) is 0. The van der Waals surface area contributed by atoms with Crippen LogP contribution in [0.25, 0.3) is 0 Å². The minimum atomic E-state index is -0.369. The van der Waals surface area contributed by atoms with Gasteiger partial charge in [-0.15, -0.1) is 0 Å². The summed E-state index contributed by atoms with van der Waals surface area (Å²) in [6, 6.07) is 0. The van der Waals surface area contributed by atoms with Crippen LogP contribution in [0.5, 0.6) is 0 Å². The van der Waals surface area contributed by atoms with Gasteiger partial charge >= 0.3 is 0 Å². The number of alkyl halides is 1. The third kappa shape index (κ3) is 2.19. The van der Waals surface area contributed by atoms with Gasteiger partial charge in [-0.2, -0.15) is 0 Å². The largest absolute Gasteiger partial charge is 0.346 e. The van der Waals surface area contributed by atoms with Crippen molar-refractivity contribution in [3.8, 4) is 0 Å². The van der Waals surface area contributed by atoms with Crippen LogP contribution in [0.3, 0.4) is 0 Å². The molecule has 1 atom stereocenters. The van der Waals surface area contributed by atoms with Crippen molar-refractivity contribution in [1.82, 2.24) is 0 Å². The van der Waals surface area contributed by atoms with Crippen LogP contribution in [0, 0.1) is 11.3 Å². The number of hydrogen-bond acceptors (Lipinski definition) is 2. The predicted molar refractivity (Wildman–Crippen MR) is 78.4 cm³/mol. The summed E-state index contributed by atoms with van der Waals surface area (Å²) in [7, 11) is 0. The smallest absolute Gasteiger partial charge is 0.184 e. The number of hydrogen-bond donors (Lipinski definition) is 0. The highest BCUT2D eigenvalue weighted by atomic mass is 127. The van der Waals surface area contributed by atoms with Gasteiger partial charge in [-0.1, -0.05) is 61.4 Å². The van der Waals surface area contributed by atoms with Crippen LogP contribution in [0.2, 0.25) is 0 Å². The highest BCUT2D eigenvalue weighted by Crippen LogP contribution is 2.52. The monoisotopic (exact) mass is 350 g/mol. The zero-order valence-electron chi connectivity index (χ0n) is 11.5. The Morgan fingerprint density at radius 1 is 1.24 bits per heavy atom. The van der Waals surface area contributed by atoms with Gasteiger partial charge in [0.15, 0.2) is 5.79 Å². The molecule has 1 fully saturated rings. The van der Waals surface area contributed by atoms with Crippen LogP contribution < -0.4 is 0 Å². The Morgan fingerprint density at radius 3 is 2.24 bits per heavy atom. The fourth-order valence-electron chi connectivity index (χ4n) is 3.76. The molecule has 0 amide bonds. The fraction of sp³-hybridized carbons (Fsp3) is 0.857. The number of rotatable bonds is 1. The SMILES string of the molecule is CC1=C(C(C)C)C(C)(C)CC2(OCCO2)C1I. The fourth-order valence-corrected chi connectivity index (χ4v) is 4.67. The quantitative estimate of drug-likeness (QED) is 0.405. The highest BCUT2D eigenvalue weighted by Gasteiger charge is 2.52. The molecule has 2 aliphatic rings. The molecule has 0 saturated carbocycles. The average Bonchev–Trinajstić information content (AvgIpc) is 2.62. The van der Waals surface area contributed by atoms with Crippen molar-refractivity contribution >= 4 is 22.6 Å². The molecule has 0 aromatic carbocycles. The van der Waals surface area contributed by atoms with Crippen molar-refractivity contribution in [3.05, 3.63) is 11.1 Å². The second-order valence-corrected chi connectivity index (χ2v) is 7.43. The lowest BCUT2D eigenvalue weighted by Crippen LogP contribution is -2.49. The van der Waals surface area contributed by atoms with Crippen LogP contribution in [-0.2, 0) is 9.47 Å². The Balaban J connectivity index is 2.45. The number of allylic oxidation sites excluding steroid dienone is 1. The van der Waals surface area contributed by atoms with Crippen LogP contribution in [-0.4, -0.2) is 22.9 Å². The van der Waals surface area contributed by atoms with Crippen molar-refractivity contribution < 1.29 is 9.47 Å². The summed E-state index contributed by atoms with van der Waals surface area (Å²) >= 11 is 2.49. The Morgan fingerprint density at radius 2 is 1.76 bits per heavy atom. The molecule has 1 aliphatic heterocycles. The third-order valence-corrected chi connectivity index (χ3v) is 5.85. The second-order valence-electron chi connectivity index (χ2n) is 6.18. The third-order valence-electron chi connectivity index (χ3n) is 3.96. The summed E-state index contributed by atoms with van der Waals surface area (Å²) in [5.74, 6) is 0.230. The Bertz CT molecular complexity index is 338. The Labute approximate surface area is 118 Å². The molecule has 3 heteroatoms. The Hall–Kier alpha value is 0.390. The van der Waals surface area contributed by atoms with E-state index >= 15 is 0 Å². The van der Waals surface area contributed by atoms with E-state index in [4.69, 9.17) is 9.47 Å². The summed E-state index contributed by atoms with van der Waals surface area (Å²) in [6.45, 7) is 12.9. The van der Waals surface area contributed by atoms with Crippen molar-refractivity contribution in [2.75, 3.05) is 13.2 Å². The van der Waals surface area contributed by atoms with Gasteiger partial charge in [0.25, 0.3) is 0 Å². The first kappa shape index (κ1) is 13.8. The van der Waals surface area contributed by atoms with Crippen LogP contribution in [0.4, 0.5) is 0 Å². The summed E-state index contributed by atoms with van der Waals surface area (Å²) in [5.41, 5.74) is 3.21. The molecule has 1 saturated heterocycles.